The van der Waals surface area contributed by atoms with Crippen molar-refractivity contribution in [2.24, 2.45) is 5.92 Å². The van der Waals surface area contributed by atoms with Crippen LogP contribution in [0.1, 0.15) is 68.6 Å². The lowest BCUT2D eigenvalue weighted by Crippen LogP contribution is -2.35. The summed E-state index contributed by atoms with van der Waals surface area (Å²) in [5.41, 5.74) is 3.84. The fourth-order valence-corrected chi connectivity index (χ4v) is 4.66. The van der Waals surface area contributed by atoms with E-state index in [2.05, 4.69) is 30.9 Å². The van der Waals surface area contributed by atoms with Crippen LogP contribution in [0.3, 0.4) is 0 Å². The Kier molecular flexibility index (Phi) is 5.15. The molecule has 0 amide bonds. The molecule has 27 heavy (non-hydrogen) atoms. The molecule has 1 saturated carbocycles. The Morgan fingerprint density at radius 2 is 1.93 bits per heavy atom. The van der Waals surface area contributed by atoms with Gasteiger partial charge in [-0.05, 0) is 76.0 Å². The van der Waals surface area contributed by atoms with E-state index in [1.807, 2.05) is 19.1 Å². The lowest BCUT2D eigenvalue weighted by molar-refractivity contribution is 0.446. The molecule has 0 saturated heterocycles. The minimum absolute atomic E-state index is 0.0713. The summed E-state index contributed by atoms with van der Waals surface area (Å²) in [5.74, 6) is 2.95. The number of benzene rings is 1. The predicted octanol–water partition coefficient (Wildman–Crippen LogP) is 5.71. The second-order valence-electron chi connectivity index (χ2n) is 8.50. The molecule has 0 radical (unpaired) electrons. The van der Waals surface area contributed by atoms with Crippen molar-refractivity contribution in [3.05, 3.63) is 51.9 Å². The largest absolute Gasteiger partial charge is 0.356 e. The number of aromatic nitrogens is 2. The maximum atomic E-state index is 6.15. The van der Waals surface area contributed by atoms with E-state index in [1.54, 1.807) is 0 Å². The zero-order valence-corrected chi connectivity index (χ0v) is 17.5. The summed E-state index contributed by atoms with van der Waals surface area (Å²) in [4.78, 5) is 12.5. The van der Waals surface area contributed by atoms with E-state index in [1.165, 1.54) is 41.9 Å². The van der Waals surface area contributed by atoms with Crippen molar-refractivity contribution in [1.29, 1.82) is 0 Å². The second kappa shape index (κ2) is 7.43. The summed E-state index contributed by atoms with van der Waals surface area (Å²) < 4.78 is 0. The van der Waals surface area contributed by atoms with Crippen LogP contribution in [-0.4, -0.2) is 23.1 Å². The quantitative estimate of drug-likeness (QED) is 0.639. The van der Waals surface area contributed by atoms with Crippen molar-refractivity contribution < 1.29 is 0 Å². The lowest BCUT2D eigenvalue weighted by Gasteiger charge is -2.38. The van der Waals surface area contributed by atoms with Crippen LogP contribution in [0, 0.1) is 12.8 Å². The number of anilines is 1. The number of nitrogens with zero attached hydrogens (tertiary/aromatic N) is 3. The molecular weight excluding hydrogens is 354 g/mol. The van der Waals surface area contributed by atoms with Crippen LogP contribution in [0.5, 0.6) is 0 Å². The van der Waals surface area contributed by atoms with Crippen molar-refractivity contribution in [1.82, 2.24) is 9.97 Å². The van der Waals surface area contributed by atoms with Crippen LogP contribution in [-0.2, 0) is 11.8 Å². The van der Waals surface area contributed by atoms with E-state index in [9.17, 15) is 0 Å². The topological polar surface area (TPSA) is 29.0 Å². The Morgan fingerprint density at radius 3 is 2.59 bits per heavy atom. The molecule has 144 valence electrons. The van der Waals surface area contributed by atoms with Gasteiger partial charge < -0.3 is 4.90 Å². The van der Waals surface area contributed by atoms with Crippen LogP contribution in [0.4, 0.5) is 5.82 Å². The molecular formula is C23H30ClN3. The normalized spacial score (nSPS) is 21.8. The standard InChI is InChI=1S/C23H30ClN3/c1-4-14-27(15-17-7-8-17)22-20-6-5-13-23(3,21(20)25-16(2)26-22)18-9-11-19(24)12-10-18/h9-12,17H,4-8,13-15H2,1-3H3. The molecule has 0 aliphatic heterocycles. The summed E-state index contributed by atoms with van der Waals surface area (Å²) in [6.07, 6.45) is 7.27. The summed E-state index contributed by atoms with van der Waals surface area (Å²) >= 11 is 6.15. The Labute approximate surface area is 168 Å². The molecule has 2 aliphatic carbocycles. The summed E-state index contributed by atoms with van der Waals surface area (Å²) in [7, 11) is 0. The number of hydrogen-bond donors (Lipinski definition) is 0. The molecule has 0 N–H and O–H groups in total. The third-order valence-corrected chi connectivity index (χ3v) is 6.43. The minimum atomic E-state index is -0.0713. The summed E-state index contributed by atoms with van der Waals surface area (Å²) in [6, 6.07) is 8.34. The first-order valence-corrected chi connectivity index (χ1v) is 10.8. The van der Waals surface area contributed by atoms with Crippen LogP contribution in [0.25, 0.3) is 0 Å². The molecule has 1 heterocycles. The molecule has 1 aromatic heterocycles. The van der Waals surface area contributed by atoms with Gasteiger partial charge in [-0.2, -0.15) is 0 Å². The van der Waals surface area contributed by atoms with Gasteiger partial charge in [-0.3, -0.25) is 0 Å². The smallest absolute Gasteiger partial charge is 0.135 e. The SMILES string of the molecule is CCCN(CC1CC1)c1nc(C)nc2c1CCCC2(C)c1ccc(Cl)cc1. The van der Waals surface area contributed by atoms with E-state index in [4.69, 9.17) is 21.6 Å². The molecule has 1 atom stereocenters. The van der Waals surface area contributed by atoms with E-state index < -0.39 is 0 Å². The minimum Gasteiger partial charge on any atom is -0.356 e. The van der Waals surface area contributed by atoms with E-state index in [-0.39, 0.29) is 5.41 Å². The van der Waals surface area contributed by atoms with Gasteiger partial charge in [0.25, 0.3) is 0 Å². The maximum Gasteiger partial charge on any atom is 0.135 e. The van der Waals surface area contributed by atoms with E-state index in [0.29, 0.717) is 0 Å². The first kappa shape index (κ1) is 18.7. The van der Waals surface area contributed by atoms with Crippen molar-refractivity contribution >= 4 is 17.4 Å². The van der Waals surface area contributed by atoms with Crippen molar-refractivity contribution in [3.8, 4) is 0 Å². The maximum absolute atomic E-state index is 6.15. The number of rotatable bonds is 6. The molecule has 2 aromatic rings. The Balaban J connectivity index is 1.80. The van der Waals surface area contributed by atoms with Crippen LogP contribution < -0.4 is 4.90 Å². The van der Waals surface area contributed by atoms with Gasteiger partial charge in [0.2, 0.25) is 0 Å². The highest BCUT2D eigenvalue weighted by molar-refractivity contribution is 6.30. The number of hydrogen-bond acceptors (Lipinski definition) is 3. The van der Waals surface area contributed by atoms with Gasteiger partial charge >= 0.3 is 0 Å². The molecule has 3 nitrogen and oxygen atoms in total. The van der Waals surface area contributed by atoms with Crippen molar-refractivity contribution in [2.75, 3.05) is 18.0 Å². The molecule has 0 bridgehead atoms. The average molecular weight is 384 g/mol. The first-order chi connectivity index (χ1) is 13.0. The Hall–Kier alpha value is -1.61. The van der Waals surface area contributed by atoms with Crippen LogP contribution in [0.15, 0.2) is 24.3 Å². The molecule has 1 unspecified atom stereocenters. The predicted molar refractivity (Wildman–Crippen MR) is 113 cm³/mol. The number of fused-ring (bicyclic) bond motifs is 1. The average Bonchev–Trinajstić information content (AvgIpc) is 3.46. The molecule has 4 heteroatoms. The van der Waals surface area contributed by atoms with Gasteiger partial charge in [0.05, 0.1) is 5.69 Å². The monoisotopic (exact) mass is 383 g/mol. The first-order valence-electron chi connectivity index (χ1n) is 10.4. The highest BCUT2D eigenvalue weighted by Gasteiger charge is 2.38. The molecule has 2 aliphatic rings. The number of aryl methyl sites for hydroxylation is 1. The van der Waals surface area contributed by atoms with Gasteiger partial charge in [-0.25, -0.2) is 9.97 Å². The van der Waals surface area contributed by atoms with E-state index in [0.717, 1.165) is 49.1 Å². The highest BCUT2D eigenvalue weighted by atomic mass is 35.5. The van der Waals surface area contributed by atoms with E-state index >= 15 is 0 Å². The van der Waals surface area contributed by atoms with Crippen molar-refractivity contribution in [2.45, 2.75) is 64.7 Å². The van der Waals surface area contributed by atoms with Gasteiger partial charge in [0, 0.05) is 29.1 Å². The summed E-state index contributed by atoms with van der Waals surface area (Å²) in [5, 5.41) is 0.788. The molecule has 4 rings (SSSR count). The Bertz CT molecular complexity index is 813. The third-order valence-electron chi connectivity index (χ3n) is 6.17. The number of halogens is 1. The lowest BCUT2D eigenvalue weighted by atomic mass is 9.70. The van der Waals surface area contributed by atoms with Crippen LogP contribution >= 0.6 is 11.6 Å². The summed E-state index contributed by atoms with van der Waals surface area (Å²) in [6.45, 7) is 8.88. The fourth-order valence-electron chi connectivity index (χ4n) is 4.53. The fraction of sp³-hybridized carbons (Fsp3) is 0.565. The van der Waals surface area contributed by atoms with Gasteiger partial charge in [0.15, 0.2) is 0 Å². The Morgan fingerprint density at radius 1 is 1.19 bits per heavy atom. The molecule has 0 spiro atoms. The third kappa shape index (κ3) is 3.71. The molecule has 1 aromatic carbocycles. The van der Waals surface area contributed by atoms with Gasteiger partial charge in [-0.15, -0.1) is 0 Å². The van der Waals surface area contributed by atoms with Gasteiger partial charge in [-0.1, -0.05) is 30.7 Å². The van der Waals surface area contributed by atoms with Crippen LogP contribution in [0.2, 0.25) is 5.02 Å². The zero-order valence-electron chi connectivity index (χ0n) is 16.8. The zero-order chi connectivity index (χ0) is 19.0. The second-order valence-corrected chi connectivity index (χ2v) is 8.94. The van der Waals surface area contributed by atoms with Gasteiger partial charge in [0.1, 0.15) is 11.6 Å². The highest BCUT2D eigenvalue weighted by Crippen LogP contribution is 2.44. The molecule has 1 fully saturated rings. The van der Waals surface area contributed by atoms with Crippen molar-refractivity contribution in [3.63, 3.8) is 0 Å².